The number of amides is 1. The van der Waals surface area contributed by atoms with Crippen LogP contribution in [0.5, 0.6) is 0 Å². The maximum absolute atomic E-state index is 11.6. The van der Waals surface area contributed by atoms with Crippen molar-refractivity contribution in [3.05, 3.63) is 46.6 Å². The number of ether oxygens (including phenoxy) is 1. The third-order valence-electron chi connectivity index (χ3n) is 3.51. The van der Waals surface area contributed by atoms with Crippen molar-refractivity contribution in [1.82, 2.24) is 4.57 Å². The second-order valence-electron chi connectivity index (χ2n) is 4.87. The third kappa shape index (κ3) is 3.28. The number of halogens is 1. The molecule has 0 radical (unpaired) electrons. The molecule has 0 unspecified atom stereocenters. The number of methoxy groups -OCH3 is 1. The van der Waals surface area contributed by atoms with Gasteiger partial charge in [0, 0.05) is 36.5 Å². The highest BCUT2D eigenvalue weighted by atomic mass is 35.5. The van der Waals surface area contributed by atoms with Crippen molar-refractivity contribution in [3.8, 4) is 11.3 Å². The van der Waals surface area contributed by atoms with Gasteiger partial charge in [0.2, 0.25) is 0 Å². The molecule has 4 nitrogen and oxygen atoms in total. The van der Waals surface area contributed by atoms with Crippen LogP contribution in [0.2, 0.25) is 5.02 Å². The lowest BCUT2D eigenvalue weighted by Crippen LogP contribution is -2.13. The van der Waals surface area contributed by atoms with Gasteiger partial charge in [-0.25, -0.2) is 0 Å². The van der Waals surface area contributed by atoms with Crippen LogP contribution in [0.25, 0.3) is 11.3 Å². The van der Waals surface area contributed by atoms with Gasteiger partial charge in [-0.3, -0.25) is 4.79 Å². The van der Waals surface area contributed by atoms with Crippen LogP contribution in [0.4, 0.5) is 0 Å². The number of carbonyl (C=O) groups is 1. The van der Waals surface area contributed by atoms with Crippen LogP contribution in [0.1, 0.15) is 22.5 Å². The minimum atomic E-state index is -0.425. The quantitative estimate of drug-likeness (QED) is 0.833. The van der Waals surface area contributed by atoms with Crippen LogP contribution in [0.15, 0.2) is 30.3 Å². The normalized spacial score (nSPS) is 10.8. The van der Waals surface area contributed by atoms with Gasteiger partial charge in [-0.1, -0.05) is 29.8 Å². The number of carbonyl (C=O) groups excluding carboxylic acids is 1. The van der Waals surface area contributed by atoms with E-state index in [0.29, 0.717) is 17.2 Å². The Morgan fingerprint density at radius 1 is 1.38 bits per heavy atom. The monoisotopic (exact) mass is 306 g/mol. The van der Waals surface area contributed by atoms with E-state index in [9.17, 15) is 4.79 Å². The molecule has 0 fully saturated rings. The molecule has 0 bridgehead atoms. The van der Waals surface area contributed by atoms with Gasteiger partial charge >= 0.3 is 0 Å². The van der Waals surface area contributed by atoms with Crippen LogP contribution < -0.4 is 5.73 Å². The van der Waals surface area contributed by atoms with Gasteiger partial charge in [-0.2, -0.15) is 0 Å². The van der Waals surface area contributed by atoms with E-state index in [2.05, 4.69) is 4.57 Å². The van der Waals surface area contributed by atoms with E-state index in [1.54, 1.807) is 7.11 Å². The summed E-state index contributed by atoms with van der Waals surface area (Å²) in [5.41, 5.74) is 8.64. The molecule has 1 amide bonds. The van der Waals surface area contributed by atoms with Gasteiger partial charge < -0.3 is 15.0 Å². The number of hydrogen-bond donors (Lipinski definition) is 1. The molecule has 0 atom stereocenters. The van der Waals surface area contributed by atoms with Gasteiger partial charge in [0.05, 0.1) is 11.3 Å². The fourth-order valence-corrected chi connectivity index (χ4v) is 2.67. The minimum Gasteiger partial charge on any atom is -0.385 e. The smallest absolute Gasteiger partial charge is 0.250 e. The zero-order valence-corrected chi connectivity index (χ0v) is 13.0. The summed E-state index contributed by atoms with van der Waals surface area (Å²) >= 11 is 6.28. The molecule has 0 saturated heterocycles. The van der Waals surface area contributed by atoms with Crippen molar-refractivity contribution >= 4 is 17.5 Å². The van der Waals surface area contributed by atoms with Crippen molar-refractivity contribution < 1.29 is 9.53 Å². The number of rotatable bonds is 6. The van der Waals surface area contributed by atoms with Crippen molar-refractivity contribution in [3.63, 3.8) is 0 Å². The van der Waals surface area contributed by atoms with Gasteiger partial charge in [0.15, 0.2) is 0 Å². The molecule has 5 heteroatoms. The van der Waals surface area contributed by atoms with Gasteiger partial charge in [-0.15, -0.1) is 0 Å². The SMILES string of the molecule is COCCCn1c(-c2ccccc2Cl)cc(C(N)=O)c1C. The van der Waals surface area contributed by atoms with E-state index in [0.717, 1.165) is 29.9 Å². The van der Waals surface area contributed by atoms with Crippen molar-refractivity contribution in [1.29, 1.82) is 0 Å². The summed E-state index contributed by atoms with van der Waals surface area (Å²) in [7, 11) is 1.67. The van der Waals surface area contributed by atoms with Crippen molar-refractivity contribution in [2.45, 2.75) is 19.9 Å². The predicted octanol–water partition coefficient (Wildman–Crippen LogP) is 3.25. The summed E-state index contributed by atoms with van der Waals surface area (Å²) in [5.74, 6) is -0.425. The summed E-state index contributed by atoms with van der Waals surface area (Å²) in [4.78, 5) is 11.6. The average Bonchev–Trinajstić information content (AvgIpc) is 2.77. The summed E-state index contributed by atoms with van der Waals surface area (Å²) in [6.45, 7) is 3.30. The lowest BCUT2D eigenvalue weighted by atomic mass is 10.1. The number of primary amides is 1. The summed E-state index contributed by atoms with van der Waals surface area (Å²) < 4.78 is 7.17. The molecular weight excluding hydrogens is 288 g/mol. The van der Waals surface area contributed by atoms with E-state index in [-0.39, 0.29) is 0 Å². The Balaban J connectivity index is 2.50. The zero-order valence-electron chi connectivity index (χ0n) is 12.2. The predicted molar refractivity (Wildman–Crippen MR) is 84.6 cm³/mol. The number of nitrogens with zero attached hydrogens (tertiary/aromatic N) is 1. The van der Waals surface area contributed by atoms with Gasteiger partial charge in [0.25, 0.3) is 5.91 Å². The maximum Gasteiger partial charge on any atom is 0.250 e. The Morgan fingerprint density at radius 3 is 2.71 bits per heavy atom. The fraction of sp³-hybridized carbons (Fsp3) is 0.312. The molecule has 1 aromatic carbocycles. The highest BCUT2D eigenvalue weighted by Gasteiger charge is 2.17. The van der Waals surface area contributed by atoms with Crippen LogP contribution in [-0.4, -0.2) is 24.2 Å². The average molecular weight is 307 g/mol. The van der Waals surface area contributed by atoms with E-state index in [1.165, 1.54) is 0 Å². The van der Waals surface area contributed by atoms with E-state index in [1.807, 2.05) is 37.3 Å². The minimum absolute atomic E-state index is 0.425. The van der Waals surface area contributed by atoms with E-state index in [4.69, 9.17) is 22.1 Å². The molecule has 21 heavy (non-hydrogen) atoms. The first-order chi connectivity index (χ1) is 10.1. The second-order valence-corrected chi connectivity index (χ2v) is 5.28. The largest absolute Gasteiger partial charge is 0.385 e. The number of hydrogen-bond acceptors (Lipinski definition) is 2. The maximum atomic E-state index is 11.6. The lowest BCUT2D eigenvalue weighted by Gasteiger charge is -2.12. The molecule has 0 aliphatic heterocycles. The zero-order chi connectivity index (χ0) is 15.4. The first-order valence-corrected chi connectivity index (χ1v) is 7.17. The Kier molecular flexibility index (Phi) is 5.04. The molecule has 0 spiro atoms. The molecule has 1 heterocycles. The third-order valence-corrected chi connectivity index (χ3v) is 3.84. The summed E-state index contributed by atoms with van der Waals surface area (Å²) in [6.07, 6.45) is 0.849. The Morgan fingerprint density at radius 2 is 2.10 bits per heavy atom. The van der Waals surface area contributed by atoms with E-state index >= 15 is 0 Å². The molecule has 2 N–H and O–H groups in total. The summed E-state index contributed by atoms with van der Waals surface area (Å²) in [5, 5.41) is 0.652. The Hall–Kier alpha value is -1.78. The first kappa shape index (κ1) is 15.6. The molecule has 2 rings (SSSR count). The lowest BCUT2D eigenvalue weighted by molar-refractivity contribution is 0.0999. The Bertz CT molecular complexity index is 650. The number of nitrogens with two attached hydrogens (primary N) is 1. The van der Waals surface area contributed by atoms with Gasteiger partial charge in [0.1, 0.15) is 0 Å². The van der Waals surface area contributed by atoms with Crippen LogP contribution >= 0.6 is 11.6 Å². The number of benzene rings is 1. The highest BCUT2D eigenvalue weighted by molar-refractivity contribution is 6.33. The molecule has 0 saturated carbocycles. The molecule has 112 valence electrons. The highest BCUT2D eigenvalue weighted by Crippen LogP contribution is 2.31. The first-order valence-electron chi connectivity index (χ1n) is 6.80. The van der Waals surface area contributed by atoms with Crippen molar-refractivity contribution in [2.24, 2.45) is 5.73 Å². The van der Waals surface area contributed by atoms with Crippen LogP contribution in [-0.2, 0) is 11.3 Å². The molecular formula is C16H19ClN2O2. The molecule has 0 aliphatic rings. The van der Waals surface area contributed by atoms with Crippen molar-refractivity contribution in [2.75, 3.05) is 13.7 Å². The second kappa shape index (κ2) is 6.78. The summed E-state index contributed by atoms with van der Waals surface area (Å²) in [6, 6.07) is 9.39. The molecule has 1 aromatic heterocycles. The number of aromatic nitrogens is 1. The van der Waals surface area contributed by atoms with Crippen LogP contribution in [0, 0.1) is 6.92 Å². The standard InChI is InChI=1S/C16H19ClN2O2/c1-11-13(16(18)20)10-15(19(11)8-5-9-21-2)12-6-3-4-7-14(12)17/h3-4,6-7,10H,5,8-9H2,1-2H3,(H2,18,20). The van der Waals surface area contributed by atoms with E-state index < -0.39 is 5.91 Å². The molecule has 0 aliphatic carbocycles. The van der Waals surface area contributed by atoms with Crippen LogP contribution in [0.3, 0.4) is 0 Å². The fourth-order valence-electron chi connectivity index (χ4n) is 2.44. The van der Waals surface area contributed by atoms with Gasteiger partial charge in [-0.05, 0) is 25.5 Å². The Labute approximate surface area is 129 Å². The molecule has 2 aromatic rings. The topological polar surface area (TPSA) is 57.2 Å².